The zero-order chi connectivity index (χ0) is 17.4. The van der Waals surface area contributed by atoms with Crippen molar-refractivity contribution in [3.63, 3.8) is 0 Å². The van der Waals surface area contributed by atoms with Gasteiger partial charge < -0.3 is 5.11 Å². The van der Waals surface area contributed by atoms with E-state index in [9.17, 15) is 14.4 Å². The molecule has 2 amide bonds. The van der Waals surface area contributed by atoms with Crippen LogP contribution in [-0.2, 0) is 14.4 Å². The molecule has 2 rings (SSSR count). The molecule has 0 unspecified atom stereocenters. The number of hydrazine groups is 1. The Balaban J connectivity index is 2.14. The monoisotopic (exact) mass is 324 g/mol. The lowest BCUT2D eigenvalue weighted by Gasteiger charge is -2.17. The molecule has 0 heterocycles. The first kappa shape index (κ1) is 17.0. The first-order valence-corrected chi connectivity index (χ1v) is 7.18. The molecule has 0 saturated heterocycles. The lowest BCUT2D eigenvalue weighted by Crippen LogP contribution is -2.43. The van der Waals surface area contributed by atoms with E-state index in [2.05, 4.69) is 10.9 Å². The molecule has 0 fully saturated rings. The minimum Gasteiger partial charge on any atom is -0.478 e. The summed E-state index contributed by atoms with van der Waals surface area (Å²) in [4.78, 5) is 34.4. The van der Waals surface area contributed by atoms with E-state index in [-0.39, 0.29) is 0 Å². The maximum Gasteiger partial charge on any atom is 0.328 e. The standard InChI is InChI=1S/C18H16N2O4/c21-15(11-12-16(22)23)19-20-18(24)17(13-7-3-1-4-8-13)14-9-5-2-6-10-14/h1-12,17H,(H,19,21)(H,20,24)(H,22,23)/b12-11+. The molecule has 0 radical (unpaired) electrons. The lowest BCUT2D eigenvalue weighted by molar-refractivity contribution is -0.131. The van der Waals surface area contributed by atoms with Gasteiger partial charge in [0.2, 0.25) is 5.91 Å². The molecule has 2 aromatic rings. The van der Waals surface area contributed by atoms with Gasteiger partial charge in [-0.25, -0.2) is 4.79 Å². The highest BCUT2D eigenvalue weighted by molar-refractivity contribution is 5.95. The zero-order valence-corrected chi connectivity index (χ0v) is 12.7. The van der Waals surface area contributed by atoms with Crippen LogP contribution >= 0.6 is 0 Å². The number of hydrogen-bond acceptors (Lipinski definition) is 3. The second-order valence-corrected chi connectivity index (χ2v) is 4.90. The van der Waals surface area contributed by atoms with Crippen molar-refractivity contribution in [3.05, 3.63) is 83.9 Å². The van der Waals surface area contributed by atoms with E-state index in [1.165, 1.54) is 0 Å². The van der Waals surface area contributed by atoms with Gasteiger partial charge in [-0.3, -0.25) is 20.4 Å². The molecule has 122 valence electrons. The van der Waals surface area contributed by atoms with E-state index in [4.69, 9.17) is 5.11 Å². The molecule has 0 spiro atoms. The van der Waals surface area contributed by atoms with Crippen LogP contribution in [0.1, 0.15) is 17.0 Å². The largest absolute Gasteiger partial charge is 0.478 e. The highest BCUT2D eigenvalue weighted by Crippen LogP contribution is 2.24. The van der Waals surface area contributed by atoms with Crippen LogP contribution in [0.4, 0.5) is 0 Å². The summed E-state index contributed by atoms with van der Waals surface area (Å²) in [5.74, 6) is -3.01. The van der Waals surface area contributed by atoms with Gasteiger partial charge in [-0.1, -0.05) is 60.7 Å². The molecule has 24 heavy (non-hydrogen) atoms. The van der Waals surface area contributed by atoms with E-state index >= 15 is 0 Å². The topological polar surface area (TPSA) is 95.5 Å². The Morgan fingerprint density at radius 1 is 0.792 bits per heavy atom. The van der Waals surface area contributed by atoms with Crippen molar-refractivity contribution in [2.75, 3.05) is 0 Å². The van der Waals surface area contributed by atoms with Crippen molar-refractivity contribution < 1.29 is 19.5 Å². The van der Waals surface area contributed by atoms with Crippen molar-refractivity contribution in [2.45, 2.75) is 5.92 Å². The molecule has 0 atom stereocenters. The van der Waals surface area contributed by atoms with E-state index in [0.29, 0.717) is 6.08 Å². The summed E-state index contributed by atoms with van der Waals surface area (Å²) in [6, 6.07) is 18.3. The number of benzene rings is 2. The smallest absolute Gasteiger partial charge is 0.328 e. The Morgan fingerprint density at radius 3 is 1.75 bits per heavy atom. The number of hydrogen-bond donors (Lipinski definition) is 3. The molecule has 6 heteroatoms. The maximum atomic E-state index is 12.5. The average Bonchev–Trinajstić information content (AvgIpc) is 2.60. The van der Waals surface area contributed by atoms with Crippen LogP contribution in [0, 0.1) is 0 Å². The summed E-state index contributed by atoms with van der Waals surface area (Å²) >= 11 is 0. The van der Waals surface area contributed by atoms with Gasteiger partial charge in [-0.05, 0) is 11.1 Å². The second-order valence-electron chi connectivity index (χ2n) is 4.90. The first-order valence-electron chi connectivity index (χ1n) is 7.18. The van der Waals surface area contributed by atoms with E-state index in [1.807, 2.05) is 60.7 Å². The third-order valence-electron chi connectivity index (χ3n) is 3.21. The highest BCUT2D eigenvalue weighted by atomic mass is 16.4. The third-order valence-corrected chi connectivity index (χ3v) is 3.21. The van der Waals surface area contributed by atoms with E-state index < -0.39 is 23.7 Å². The van der Waals surface area contributed by atoms with Crippen LogP contribution in [0.5, 0.6) is 0 Å². The fourth-order valence-electron chi connectivity index (χ4n) is 2.17. The summed E-state index contributed by atoms with van der Waals surface area (Å²) in [6.45, 7) is 0. The van der Waals surface area contributed by atoms with Crippen LogP contribution in [0.15, 0.2) is 72.8 Å². The molecule has 0 aliphatic carbocycles. The average molecular weight is 324 g/mol. The molecule has 3 N–H and O–H groups in total. The van der Waals surface area contributed by atoms with Crippen molar-refractivity contribution in [1.29, 1.82) is 0 Å². The van der Waals surface area contributed by atoms with Crippen LogP contribution in [-0.4, -0.2) is 22.9 Å². The summed E-state index contributed by atoms with van der Waals surface area (Å²) in [5.41, 5.74) is 6.04. The van der Waals surface area contributed by atoms with Gasteiger partial charge in [0.05, 0.1) is 5.92 Å². The number of amides is 2. The van der Waals surface area contributed by atoms with Gasteiger partial charge in [0.15, 0.2) is 0 Å². The summed E-state index contributed by atoms with van der Waals surface area (Å²) < 4.78 is 0. The molecular weight excluding hydrogens is 308 g/mol. The maximum absolute atomic E-state index is 12.5. The van der Waals surface area contributed by atoms with Gasteiger partial charge >= 0.3 is 5.97 Å². The van der Waals surface area contributed by atoms with Crippen LogP contribution in [0.3, 0.4) is 0 Å². The van der Waals surface area contributed by atoms with Gasteiger partial charge in [-0.2, -0.15) is 0 Å². The molecule has 2 aromatic carbocycles. The fraction of sp³-hybridized carbons (Fsp3) is 0.0556. The normalized spacial score (nSPS) is 10.5. The first-order chi connectivity index (χ1) is 11.6. The number of rotatable bonds is 5. The zero-order valence-electron chi connectivity index (χ0n) is 12.7. The Labute approximate surface area is 138 Å². The molecule has 0 saturated carbocycles. The molecule has 0 bridgehead atoms. The highest BCUT2D eigenvalue weighted by Gasteiger charge is 2.22. The van der Waals surface area contributed by atoms with Crippen molar-refractivity contribution >= 4 is 17.8 Å². The minimum absolute atomic E-state index is 0.426. The minimum atomic E-state index is -1.25. The van der Waals surface area contributed by atoms with Crippen LogP contribution in [0.25, 0.3) is 0 Å². The number of aliphatic carboxylic acids is 1. The SMILES string of the molecule is O=C(O)/C=C/C(=O)NNC(=O)C(c1ccccc1)c1ccccc1. The van der Waals surface area contributed by atoms with Crippen molar-refractivity contribution in [2.24, 2.45) is 0 Å². The predicted molar refractivity (Wildman–Crippen MR) is 87.8 cm³/mol. The number of carboxylic acids is 1. The van der Waals surface area contributed by atoms with Gasteiger partial charge in [0, 0.05) is 12.2 Å². The van der Waals surface area contributed by atoms with Crippen molar-refractivity contribution in [3.8, 4) is 0 Å². The summed E-state index contributed by atoms with van der Waals surface area (Å²) in [6.07, 6.45) is 1.51. The number of carbonyl (C=O) groups excluding carboxylic acids is 2. The molecule has 0 aliphatic rings. The quantitative estimate of drug-likeness (QED) is 0.575. The lowest BCUT2D eigenvalue weighted by atomic mass is 9.91. The third kappa shape index (κ3) is 4.81. The second kappa shape index (κ2) is 8.28. The molecule has 6 nitrogen and oxygen atoms in total. The van der Waals surface area contributed by atoms with Crippen LogP contribution in [0.2, 0.25) is 0 Å². The summed E-state index contributed by atoms with van der Waals surface area (Å²) in [5, 5.41) is 8.47. The Kier molecular flexibility index (Phi) is 5.85. The molecular formula is C18H16N2O4. The van der Waals surface area contributed by atoms with Gasteiger partial charge in [0.1, 0.15) is 0 Å². The fourth-order valence-corrected chi connectivity index (χ4v) is 2.17. The number of carboxylic acid groups (broad SMARTS) is 1. The Hall–Kier alpha value is -3.41. The molecule has 0 aliphatic heterocycles. The number of carbonyl (C=O) groups is 3. The predicted octanol–water partition coefficient (Wildman–Crippen LogP) is 1.61. The Morgan fingerprint density at radius 2 is 1.29 bits per heavy atom. The van der Waals surface area contributed by atoms with Crippen LogP contribution < -0.4 is 10.9 Å². The molecule has 0 aromatic heterocycles. The van der Waals surface area contributed by atoms with E-state index in [0.717, 1.165) is 17.2 Å². The van der Waals surface area contributed by atoms with Gasteiger partial charge in [-0.15, -0.1) is 0 Å². The number of nitrogens with one attached hydrogen (secondary N) is 2. The summed E-state index contributed by atoms with van der Waals surface area (Å²) in [7, 11) is 0. The van der Waals surface area contributed by atoms with Crippen molar-refractivity contribution in [1.82, 2.24) is 10.9 Å². The Bertz CT molecular complexity index is 703. The van der Waals surface area contributed by atoms with E-state index in [1.54, 1.807) is 0 Å². The van der Waals surface area contributed by atoms with Gasteiger partial charge in [0.25, 0.3) is 5.91 Å².